The molecule has 2 rings (SSSR count). The number of carbonyl (C=O) groups excluding carboxylic acids is 1. The van der Waals surface area contributed by atoms with Gasteiger partial charge >= 0.3 is 5.69 Å². The topological polar surface area (TPSA) is 101 Å². The number of carbonyl (C=O) groups is 1. The van der Waals surface area contributed by atoms with Crippen molar-refractivity contribution in [2.24, 2.45) is 0 Å². The fourth-order valence-electron chi connectivity index (χ4n) is 2.37. The van der Waals surface area contributed by atoms with Crippen LogP contribution in [0.15, 0.2) is 32.7 Å². The number of benzene rings is 1. The molecule has 0 saturated carbocycles. The first kappa shape index (κ1) is 20.7. The molecule has 0 bridgehead atoms. The summed E-state index contributed by atoms with van der Waals surface area (Å²) < 4.78 is 27.4. The van der Waals surface area contributed by atoms with Crippen LogP contribution in [0.5, 0.6) is 0 Å². The molecular weight excluding hydrogens is 378 g/mol. The SMILES string of the molecule is CCCCn1c(N)c(N(C)C(=O)CSc2ccc(F)c(F)c2)c(=O)[nH]c1=O. The third kappa shape index (κ3) is 4.76. The fourth-order valence-corrected chi connectivity index (χ4v) is 3.21. The van der Waals surface area contributed by atoms with E-state index in [0.717, 1.165) is 35.2 Å². The maximum Gasteiger partial charge on any atom is 0.330 e. The molecule has 146 valence electrons. The van der Waals surface area contributed by atoms with Crippen molar-refractivity contribution >= 4 is 29.2 Å². The lowest BCUT2D eigenvalue weighted by Gasteiger charge is -2.20. The molecule has 27 heavy (non-hydrogen) atoms. The van der Waals surface area contributed by atoms with Gasteiger partial charge < -0.3 is 10.6 Å². The largest absolute Gasteiger partial charge is 0.383 e. The van der Waals surface area contributed by atoms with E-state index in [9.17, 15) is 23.2 Å². The van der Waals surface area contributed by atoms with Crippen molar-refractivity contribution in [3.63, 3.8) is 0 Å². The van der Waals surface area contributed by atoms with E-state index in [2.05, 4.69) is 4.98 Å². The summed E-state index contributed by atoms with van der Waals surface area (Å²) in [4.78, 5) is 40.1. The number of hydrogen-bond donors (Lipinski definition) is 2. The molecule has 10 heteroatoms. The molecule has 7 nitrogen and oxygen atoms in total. The molecule has 1 heterocycles. The van der Waals surface area contributed by atoms with Crippen LogP contribution in [-0.4, -0.2) is 28.3 Å². The monoisotopic (exact) mass is 398 g/mol. The number of H-pyrrole nitrogens is 1. The van der Waals surface area contributed by atoms with E-state index in [1.807, 2.05) is 6.92 Å². The number of unbranched alkanes of at least 4 members (excludes halogenated alkanes) is 1. The summed E-state index contributed by atoms with van der Waals surface area (Å²) in [6, 6.07) is 3.31. The number of hydrogen-bond acceptors (Lipinski definition) is 5. The van der Waals surface area contributed by atoms with E-state index in [4.69, 9.17) is 5.73 Å². The van der Waals surface area contributed by atoms with E-state index in [1.165, 1.54) is 17.7 Å². The highest BCUT2D eigenvalue weighted by molar-refractivity contribution is 8.00. The van der Waals surface area contributed by atoms with Gasteiger partial charge in [0, 0.05) is 18.5 Å². The Labute approximate surface area is 158 Å². The second-order valence-electron chi connectivity index (χ2n) is 5.82. The van der Waals surface area contributed by atoms with Crippen LogP contribution in [0.2, 0.25) is 0 Å². The molecule has 3 N–H and O–H groups in total. The maximum absolute atomic E-state index is 13.2. The molecule has 0 aliphatic carbocycles. The number of halogens is 2. The number of nitrogens with one attached hydrogen (secondary N) is 1. The first-order chi connectivity index (χ1) is 12.8. The molecule has 2 aromatic rings. The number of amides is 1. The minimum absolute atomic E-state index is 0.0918. The van der Waals surface area contributed by atoms with Crippen LogP contribution in [-0.2, 0) is 11.3 Å². The van der Waals surface area contributed by atoms with Crippen LogP contribution < -0.4 is 21.9 Å². The Morgan fingerprint density at radius 1 is 1.30 bits per heavy atom. The lowest BCUT2D eigenvalue weighted by Crippen LogP contribution is -2.39. The first-order valence-corrected chi connectivity index (χ1v) is 9.21. The van der Waals surface area contributed by atoms with E-state index >= 15 is 0 Å². The normalized spacial score (nSPS) is 10.8. The average Bonchev–Trinajstić information content (AvgIpc) is 2.61. The average molecular weight is 398 g/mol. The number of anilines is 2. The standard InChI is InChI=1S/C17H20F2N4O3S/c1-3-4-7-23-15(20)14(16(25)21-17(23)26)22(2)13(24)9-27-10-5-6-11(18)12(19)8-10/h5-6,8H,3-4,7,9,20H2,1-2H3,(H,21,25,26). The Morgan fingerprint density at radius 2 is 2.00 bits per heavy atom. The molecule has 0 aliphatic rings. The molecule has 1 amide bonds. The van der Waals surface area contributed by atoms with Crippen LogP contribution in [0, 0.1) is 11.6 Å². The zero-order valence-electron chi connectivity index (χ0n) is 14.9. The third-order valence-corrected chi connectivity index (χ3v) is 4.89. The zero-order chi connectivity index (χ0) is 20.1. The van der Waals surface area contributed by atoms with Crippen LogP contribution in [0.3, 0.4) is 0 Å². The summed E-state index contributed by atoms with van der Waals surface area (Å²) in [5.74, 6) is -2.69. The second kappa shape index (κ2) is 8.85. The van der Waals surface area contributed by atoms with E-state index in [0.29, 0.717) is 17.9 Å². The maximum atomic E-state index is 13.2. The summed E-state index contributed by atoms with van der Waals surface area (Å²) in [5, 5.41) is 0. The number of aromatic amines is 1. The van der Waals surface area contributed by atoms with Crippen molar-refractivity contribution in [2.75, 3.05) is 23.4 Å². The van der Waals surface area contributed by atoms with Gasteiger partial charge in [-0.1, -0.05) is 13.3 Å². The van der Waals surface area contributed by atoms with E-state index in [-0.39, 0.29) is 17.3 Å². The predicted octanol–water partition coefficient (Wildman–Crippen LogP) is 1.95. The molecular formula is C17H20F2N4O3S. The van der Waals surface area contributed by atoms with Gasteiger partial charge in [-0.2, -0.15) is 0 Å². The van der Waals surface area contributed by atoms with Crippen LogP contribution in [0.25, 0.3) is 0 Å². The summed E-state index contributed by atoms with van der Waals surface area (Å²) in [5.41, 5.74) is 4.44. The minimum Gasteiger partial charge on any atom is -0.383 e. The number of aromatic nitrogens is 2. The van der Waals surface area contributed by atoms with Gasteiger partial charge in [-0.05, 0) is 24.6 Å². The number of nitrogens with zero attached hydrogens (tertiary/aromatic N) is 2. The molecule has 0 spiro atoms. The molecule has 0 unspecified atom stereocenters. The van der Waals surface area contributed by atoms with Gasteiger partial charge in [-0.3, -0.25) is 19.1 Å². The number of thioether (sulfide) groups is 1. The molecule has 1 aromatic heterocycles. The highest BCUT2D eigenvalue weighted by Gasteiger charge is 2.21. The highest BCUT2D eigenvalue weighted by Crippen LogP contribution is 2.22. The van der Waals surface area contributed by atoms with Gasteiger partial charge in [0.05, 0.1) is 5.75 Å². The van der Waals surface area contributed by atoms with Crippen LogP contribution in [0.1, 0.15) is 19.8 Å². The summed E-state index contributed by atoms with van der Waals surface area (Å²) in [6.45, 7) is 2.26. The van der Waals surface area contributed by atoms with E-state index in [1.54, 1.807) is 0 Å². The predicted molar refractivity (Wildman–Crippen MR) is 101 cm³/mol. The van der Waals surface area contributed by atoms with Gasteiger partial charge in [0.1, 0.15) is 5.82 Å². The van der Waals surface area contributed by atoms with Crippen LogP contribution >= 0.6 is 11.8 Å². The summed E-state index contributed by atoms with van der Waals surface area (Å²) in [6.07, 6.45) is 1.50. The Morgan fingerprint density at radius 3 is 2.63 bits per heavy atom. The molecule has 0 radical (unpaired) electrons. The quantitative estimate of drug-likeness (QED) is 0.695. The molecule has 0 saturated heterocycles. The number of nitrogen functional groups attached to an aromatic ring is 1. The number of nitrogens with two attached hydrogens (primary N) is 1. The van der Waals surface area contributed by atoms with Crippen molar-refractivity contribution in [1.29, 1.82) is 0 Å². The van der Waals surface area contributed by atoms with Crippen molar-refractivity contribution in [3.8, 4) is 0 Å². The molecule has 0 fully saturated rings. The Bertz CT molecular complexity index is 958. The Kier molecular flexibility index (Phi) is 6.78. The first-order valence-electron chi connectivity index (χ1n) is 8.23. The van der Waals surface area contributed by atoms with Gasteiger partial charge in [0.15, 0.2) is 17.3 Å². The lowest BCUT2D eigenvalue weighted by atomic mass is 10.3. The van der Waals surface area contributed by atoms with Crippen molar-refractivity contribution < 1.29 is 13.6 Å². The zero-order valence-corrected chi connectivity index (χ0v) is 15.7. The summed E-state index contributed by atoms with van der Waals surface area (Å²) >= 11 is 0.988. The minimum atomic E-state index is -1.01. The van der Waals surface area contributed by atoms with Gasteiger partial charge in [0.25, 0.3) is 5.56 Å². The highest BCUT2D eigenvalue weighted by atomic mass is 32.2. The fraction of sp³-hybridized carbons (Fsp3) is 0.353. The Hall–Kier alpha value is -2.62. The smallest absolute Gasteiger partial charge is 0.330 e. The van der Waals surface area contributed by atoms with Crippen molar-refractivity contribution in [3.05, 3.63) is 50.7 Å². The molecule has 1 aromatic carbocycles. The molecule has 0 aliphatic heterocycles. The van der Waals surface area contributed by atoms with Gasteiger partial charge in [-0.25, -0.2) is 13.6 Å². The second-order valence-corrected chi connectivity index (χ2v) is 6.86. The third-order valence-electron chi connectivity index (χ3n) is 3.91. The number of rotatable bonds is 7. The Balaban J connectivity index is 2.21. The van der Waals surface area contributed by atoms with Crippen LogP contribution in [0.4, 0.5) is 20.3 Å². The lowest BCUT2D eigenvalue weighted by molar-refractivity contribution is -0.115. The van der Waals surface area contributed by atoms with Crippen molar-refractivity contribution in [2.45, 2.75) is 31.2 Å². The summed E-state index contributed by atoms with van der Waals surface area (Å²) in [7, 11) is 1.36. The van der Waals surface area contributed by atoms with Crippen molar-refractivity contribution in [1.82, 2.24) is 9.55 Å². The van der Waals surface area contributed by atoms with E-state index < -0.39 is 28.8 Å². The van der Waals surface area contributed by atoms with Gasteiger partial charge in [-0.15, -0.1) is 11.8 Å². The van der Waals surface area contributed by atoms with Gasteiger partial charge in [0.2, 0.25) is 5.91 Å². The molecule has 0 atom stereocenters.